The Morgan fingerprint density at radius 1 is 1.30 bits per heavy atom. The molecule has 0 N–H and O–H groups in total. The number of carbonyl (C=O) groups is 2. The van der Waals surface area contributed by atoms with Gasteiger partial charge in [-0.15, -0.1) is 0 Å². The molecule has 0 aromatic heterocycles. The van der Waals surface area contributed by atoms with E-state index in [2.05, 4.69) is 15.9 Å². The fraction of sp³-hybridized carbons (Fsp3) is 0.143. The molecule has 52 valence electrons. The second kappa shape index (κ2) is 2.92. The molecule has 0 spiro atoms. The molecule has 0 radical (unpaired) electrons. The lowest BCUT2D eigenvalue weighted by Gasteiger charge is -2.00. The van der Waals surface area contributed by atoms with Crippen LogP contribution in [-0.4, -0.2) is 16.9 Å². The fourth-order valence-electron chi connectivity index (χ4n) is 0.660. The molecule has 10 heavy (non-hydrogen) atoms. The van der Waals surface area contributed by atoms with E-state index < -0.39 is 0 Å². The van der Waals surface area contributed by atoms with E-state index in [4.69, 9.17) is 0 Å². The third kappa shape index (κ3) is 1.42. The predicted molar refractivity (Wildman–Crippen MR) is 41.0 cm³/mol. The first-order chi connectivity index (χ1) is 4.74. The molecule has 0 saturated carbocycles. The SMILES string of the molecule is O=C1C=CC(=O)C(CBr)=C1. The van der Waals surface area contributed by atoms with Crippen molar-refractivity contribution in [2.75, 3.05) is 5.33 Å². The van der Waals surface area contributed by atoms with E-state index in [-0.39, 0.29) is 11.6 Å². The number of ketones is 2. The van der Waals surface area contributed by atoms with Crippen molar-refractivity contribution in [3.05, 3.63) is 23.8 Å². The number of hydrogen-bond acceptors (Lipinski definition) is 2. The molecule has 2 nitrogen and oxygen atoms in total. The van der Waals surface area contributed by atoms with Gasteiger partial charge in [-0.3, -0.25) is 9.59 Å². The second-order valence-corrected chi connectivity index (χ2v) is 2.46. The van der Waals surface area contributed by atoms with Crippen LogP contribution in [-0.2, 0) is 9.59 Å². The molecular weight excluding hydrogens is 196 g/mol. The van der Waals surface area contributed by atoms with Crippen LogP contribution >= 0.6 is 15.9 Å². The van der Waals surface area contributed by atoms with Gasteiger partial charge in [-0.1, -0.05) is 15.9 Å². The average Bonchev–Trinajstić information content (AvgIpc) is 1.94. The molecule has 0 unspecified atom stereocenters. The van der Waals surface area contributed by atoms with E-state index in [0.717, 1.165) is 0 Å². The standard InChI is InChI=1S/C7H5BrO2/c8-4-5-3-6(9)1-2-7(5)10/h1-3H,4H2. The van der Waals surface area contributed by atoms with Crippen LogP contribution in [0.1, 0.15) is 0 Å². The van der Waals surface area contributed by atoms with Crippen molar-refractivity contribution in [2.24, 2.45) is 0 Å². The first-order valence-electron chi connectivity index (χ1n) is 2.77. The molecule has 0 aromatic rings. The van der Waals surface area contributed by atoms with Crippen LogP contribution in [0.25, 0.3) is 0 Å². The van der Waals surface area contributed by atoms with Crippen molar-refractivity contribution in [1.29, 1.82) is 0 Å². The molecule has 3 heteroatoms. The third-order valence-corrected chi connectivity index (χ3v) is 1.78. The Hall–Kier alpha value is -0.700. The van der Waals surface area contributed by atoms with E-state index in [1.807, 2.05) is 0 Å². The minimum Gasteiger partial charge on any atom is -0.290 e. The number of rotatable bonds is 1. The molecule has 0 aromatic carbocycles. The van der Waals surface area contributed by atoms with E-state index >= 15 is 0 Å². The van der Waals surface area contributed by atoms with E-state index in [1.165, 1.54) is 18.2 Å². The van der Waals surface area contributed by atoms with Crippen molar-refractivity contribution in [2.45, 2.75) is 0 Å². The highest BCUT2D eigenvalue weighted by molar-refractivity contribution is 9.09. The molecule has 0 bridgehead atoms. The molecular formula is C7H5BrO2. The molecule has 0 fully saturated rings. The number of allylic oxidation sites excluding steroid dienone is 4. The number of halogens is 1. The minimum atomic E-state index is -0.117. The van der Waals surface area contributed by atoms with Crippen LogP contribution in [0.15, 0.2) is 23.8 Å². The summed E-state index contributed by atoms with van der Waals surface area (Å²) in [5.74, 6) is -0.203. The monoisotopic (exact) mass is 200 g/mol. The van der Waals surface area contributed by atoms with Gasteiger partial charge in [-0.2, -0.15) is 0 Å². The number of hydrogen-bond donors (Lipinski definition) is 0. The lowest BCUT2D eigenvalue weighted by atomic mass is 10.1. The summed E-state index contributed by atoms with van der Waals surface area (Å²) in [7, 11) is 0. The Labute approximate surface area is 66.7 Å². The van der Waals surface area contributed by atoms with E-state index in [0.29, 0.717) is 10.9 Å². The highest BCUT2D eigenvalue weighted by atomic mass is 79.9. The maximum absolute atomic E-state index is 10.8. The van der Waals surface area contributed by atoms with Crippen molar-refractivity contribution in [3.63, 3.8) is 0 Å². The first kappa shape index (κ1) is 7.41. The minimum absolute atomic E-state index is 0.0866. The zero-order valence-electron chi connectivity index (χ0n) is 5.13. The van der Waals surface area contributed by atoms with Gasteiger partial charge in [-0.05, 0) is 18.2 Å². The lowest BCUT2D eigenvalue weighted by Crippen LogP contribution is -2.07. The molecule has 1 rings (SSSR count). The topological polar surface area (TPSA) is 34.1 Å². The van der Waals surface area contributed by atoms with Crippen LogP contribution in [0.4, 0.5) is 0 Å². The van der Waals surface area contributed by atoms with Gasteiger partial charge in [0.2, 0.25) is 0 Å². The Bertz CT molecular complexity index is 238. The summed E-state index contributed by atoms with van der Waals surface area (Å²) >= 11 is 3.10. The number of carbonyl (C=O) groups excluding carboxylic acids is 2. The highest BCUT2D eigenvalue weighted by Crippen LogP contribution is 2.07. The van der Waals surface area contributed by atoms with Crippen LogP contribution < -0.4 is 0 Å². The average molecular weight is 201 g/mol. The third-order valence-electron chi connectivity index (χ3n) is 1.18. The molecule has 1 aliphatic rings. The maximum Gasteiger partial charge on any atom is 0.182 e. The highest BCUT2D eigenvalue weighted by Gasteiger charge is 2.10. The predicted octanol–water partition coefficient (Wildman–Crippen LogP) is 1.02. The van der Waals surface area contributed by atoms with Crippen LogP contribution in [0.5, 0.6) is 0 Å². The zero-order chi connectivity index (χ0) is 7.56. The maximum atomic E-state index is 10.8. The summed E-state index contributed by atoms with van der Waals surface area (Å²) in [5.41, 5.74) is 0.521. The fourth-order valence-corrected chi connectivity index (χ4v) is 1.10. The van der Waals surface area contributed by atoms with Crippen molar-refractivity contribution >= 4 is 27.5 Å². The van der Waals surface area contributed by atoms with Gasteiger partial charge < -0.3 is 0 Å². The lowest BCUT2D eigenvalue weighted by molar-refractivity contribution is -0.114. The summed E-state index contributed by atoms with van der Waals surface area (Å²) in [6.07, 6.45) is 3.91. The zero-order valence-corrected chi connectivity index (χ0v) is 6.72. The molecule has 0 heterocycles. The van der Waals surface area contributed by atoms with Crippen LogP contribution in [0.3, 0.4) is 0 Å². The van der Waals surface area contributed by atoms with Gasteiger partial charge in [0, 0.05) is 10.9 Å². The van der Waals surface area contributed by atoms with Crippen molar-refractivity contribution < 1.29 is 9.59 Å². The van der Waals surface area contributed by atoms with Gasteiger partial charge in [-0.25, -0.2) is 0 Å². The van der Waals surface area contributed by atoms with E-state index in [9.17, 15) is 9.59 Å². The van der Waals surface area contributed by atoms with Gasteiger partial charge in [0.25, 0.3) is 0 Å². The van der Waals surface area contributed by atoms with Gasteiger partial charge in [0.05, 0.1) is 0 Å². The summed E-state index contributed by atoms with van der Waals surface area (Å²) < 4.78 is 0. The molecule has 0 saturated heterocycles. The van der Waals surface area contributed by atoms with E-state index in [1.54, 1.807) is 0 Å². The van der Waals surface area contributed by atoms with Crippen molar-refractivity contribution in [3.8, 4) is 0 Å². The Kier molecular flexibility index (Phi) is 2.17. The summed E-state index contributed by atoms with van der Waals surface area (Å²) in [6, 6.07) is 0. The van der Waals surface area contributed by atoms with Crippen LogP contribution in [0.2, 0.25) is 0 Å². The van der Waals surface area contributed by atoms with Crippen molar-refractivity contribution in [1.82, 2.24) is 0 Å². The summed E-state index contributed by atoms with van der Waals surface area (Å²) in [4.78, 5) is 21.5. The summed E-state index contributed by atoms with van der Waals surface area (Å²) in [5, 5.41) is 0.446. The molecule has 0 amide bonds. The molecule has 0 atom stereocenters. The normalized spacial score (nSPS) is 17.5. The quantitative estimate of drug-likeness (QED) is 0.468. The Balaban J connectivity index is 2.89. The number of alkyl halides is 1. The largest absolute Gasteiger partial charge is 0.290 e. The Morgan fingerprint density at radius 2 is 2.00 bits per heavy atom. The van der Waals surface area contributed by atoms with Gasteiger partial charge in [0.15, 0.2) is 11.6 Å². The Morgan fingerprint density at radius 3 is 2.50 bits per heavy atom. The van der Waals surface area contributed by atoms with Crippen LogP contribution in [0, 0.1) is 0 Å². The van der Waals surface area contributed by atoms with Gasteiger partial charge in [0.1, 0.15) is 0 Å². The molecule has 0 aliphatic heterocycles. The smallest absolute Gasteiger partial charge is 0.182 e. The first-order valence-corrected chi connectivity index (χ1v) is 3.89. The summed E-state index contributed by atoms with van der Waals surface area (Å²) in [6.45, 7) is 0. The molecule has 1 aliphatic carbocycles. The van der Waals surface area contributed by atoms with Gasteiger partial charge >= 0.3 is 0 Å². The second-order valence-electron chi connectivity index (χ2n) is 1.90.